The van der Waals surface area contributed by atoms with Crippen LogP contribution < -0.4 is 10.1 Å². The first-order chi connectivity index (χ1) is 13.5. The van der Waals surface area contributed by atoms with E-state index in [9.17, 15) is 14.0 Å². The van der Waals surface area contributed by atoms with E-state index in [4.69, 9.17) is 9.84 Å². The maximum Gasteiger partial charge on any atom is 0.305 e. The van der Waals surface area contributed by atoms with Crippen LogP contribution in [0.1, 0.15) is 17.5 Å². The van der Waals surface area contributed by atoms with Gasteiger partial charge < -0.3 is 15.2 Å². The number of benzene rings is 2. The Balaban J connectivity index is 1.59. The Kier molecular flexibility index (Phi) is 6.38. The average molecular weight is 401 g/mol. The van der Waals surface area contributed by atoms with E-state index in [2.05, 4.69) is 15.5 Å². The minimum atomic E-state index is -1.05. The molecule has 0 aliphatic carbocycles. The van der Waals surface area contributed by atoms with Gasteiger partial charge in [-0.1, -0.05) is 42.1 Å². The highest BCUT2D eigenvalue weighted by molar-refractivity contribution is 8.15. The van der Waals surface area contributed by atoms with Crippen LogP contribution in [0.5, 0.6) is 5.75 Å². The fourth-order valence-electron chi connectivity index (χ4n) is 2.38. The smallest absolute Gasteiger partial charge is 0.305 e. The number of amidine groups is 1. The van der Waals surface area contributed by atoms with Crippen molar-refractivity contribution in [1.29, 1.82) is 0 Å². The maximum absolute atomic E-state index is 13.6. The number of rotatable bonds is 7. The van der Waals surface area contributed by atoms with Crippen molar-refractivity contribution in [2.75, 3.05) is 0 Å². The number of hydrogen-bond donors (Lipinski definition) is 2. The van der Waals surface area contributed by atoms with Gasteiger partial charge in [0.1, 0.15) is 11.9 Å². The van der Waals surface area contributed by atoms with Gasteiger partial charge in [0.05, 0.1) is 12.6 Å². The summed E-state index contributed by atoms with van der Waals surface area (Å²) in [6.07, 6.45) is 1.22. The fraction of sp³-hybridized carbons (Fsp3) is 0.158. The van der Waals surface area contributed by atoms with Gasteiger partial charge >= 0.3 is 5.97 Å². The Labute approximate surface area is 164 Å². The Morgan fingerprint density at radius 3 is 2.89 bits per heavy atom. The van der Waals surface area contributed by atoms with Crippen LogP contribution in [0.2, 0.25) is 0 Å². The Morgan fingerprint density at radius 1 is 1.29 bits per heavy atom. The lowest BCUT2D eigenvalue weighted by molar-refractivity contribution is -0.138. The number of thioether (sulfide) groups is 1. The molecule has 2 N–H and O–H groups in total. The second-order valence-electron chi connectivity index (χ2n) is 5.81. The molecule has 1 heterocycles. The topological polar surface area (TPSA) is 100 Å². The van der Waals surface area contributed by atoms with Crippen LogP contribution in [0.25, 0.3) is 0 Å². The number of carbonyl (C=O) groups is 2. The highest BCUT2D eigenvalue weighted by Gasteiger charge is 2.32. The predicted octanol–water partition coefficient (Wildman–Crippen LogP) is 2.80. The molecule has 0 aromatic heterocycles. The van der Waals surface area contributed by atoms with E-state index in [0.717, 1.165) is 22.9 Å². The molecule has 1 unspecified atom stereocenters. The Hall–Kier alpha value is -3.20. The largest absolute Gasteiger partial charge is 0.486 e. The van der Waals surface area contributed by atoms with Crippen molar-refractivity contribution in [2.45, 2.75) is 18.3 Å². The van der Waals surface area contributed by atoms with Gasteiger partial charge in [-0.25, -0.2) is 4.39 Å². The van der Waals surface area contributed by atoms with E-state index >= 15 is 0 Å². The first kappa shape index (κ1) is 19.6. The number of ether oxygens (including phenoxy) is 1. The lowest BCUT2D eigenvalue weighted by Crippen LogP contribution is -2.26. The molecule has 9 heteroatoms. The number of carboxylic acids is 1. The van der Waals surface area contributed by atoms with E-state index in [1.165, 1.54) is 12.3 Å². The number of carbonyl (C=O) groups excluding carboxylic acids is 1. The van der Waals surface area contributed by atoms with Crippen molar-refractivity contribution in [1.82, 2.24) is 5.32 Å². The van der Waals surface area contributed by atoms with Gasteiger partial charge in [-0.3, -0.25) is 9.59 Å². The molecular formula is C19H16FN3O4S. The standard InChI is InChI=1S/C19H16FN3O4S/c20-14-6-1-2-7-15(14)27-11-13-5-3-4-12(8-13)10-21-23-19-22-18(26)16(28-19)9-17(24)25/h1-8,10,16H,9,11H2,(H,24,25)(H,22,23,26). The lowest BCUT2D eigenvalue weighted by atomic mass is 10.1. The molecule has 0 radical (unpaired) electrons. The Bertz CT molecular complexity index is 948. The second-order valence-corrected chi connectivity index (χ2v) is 7.00. The number of amides is 1. The molecule has 3 rings (SSSR count). The van der Waals surface area contributed by atoms with Crippen molar-refractivity contribution in [2.24, 2.45) is 10.2 Å². The summed E-state index contributed by atoms with van der Waals surface area (Å²) in [4.78, 5) is 22.3. The number of hydrogen-bond acceptors (Lipinski definition) is 6. The predicted molar refractivity (Wildman–Crippen MR) is 104 cm³/mol. The van der Waals surface area contributed by atoms with E-state index in [0.29, 0.717) is 0 Å². The molecule has 0 saturated carbocycles. The molecule has 0 spiro atoms. The fourth-order valence-corrected chi connectivity index (χ4v) is 3.29. The molecule has 0 bridgehead atoms. The van der Waals surface area contributed by atoms with Gasteiger partial charge in [0.15, 0.2) is 16.7 Å². The molecule has 144 valence electrons. The lowest BCUT2D eigenvalue weighted by Gasteiger charge is -2.07. The van der Waals surface area contributed by atoms with Crippen LogP contribution in [0.4, 0.5) is 4.39 Å². The maximum atomic E-state index is 13.6. The molecule has 7 nitrogen and oxygen atoms in total. The molecule has 2 aromatic rings. The zero-order valence-corrected chi connectivity index (χ0v) is 15.4. The highest BCUT2D eigenvalue weighted by Crippen LogP contribution is 2.22. The number of aliphatic carboxylic acids is 1. The molecular weight excluding hydrogens is 385 g/mol. The third-order valence-corrected chi connectivity index (χ3v) is 4.75. The van der Waals surface area contributed by atoms with Crippen molar-refractivity contribution in [3.8, 4) is 5.75 Å². The third-order valence-electron chi connectivity index (χ3n) is 3.67. The molecule has 2 aromatic carbocycles. The number of nitrogens with zero attached hydrogens (tertiary/aromatic N) is 2. The van der Waals surface area contributed by atoms with E-state index in [-0.39, 0.29) is 23.9 Å². The number of carboxylic acid groups (broad SMARTS) is 1. The van der Waals surface area contributed by atoms with E-state index in [1.54, 1.807) is 18.2 Å². The van der Waals surface area contributed by atoms with E-state index in [1.807, 2.05) is 24.3 Å². The van der Waals surface area contributed by atoms with Crippen molar-refractivity contribution in [3.63, 3.8) is 0 Å². The molecule has 1 aliphatic heterocycles. The summed E-state index contributed by atoms with van der Waals surface area (Å²) < 4.78 is 19.1. The minimum Gasteiger partial charge on any atom is -0.486 e. The van der Waals surface area contributed by atoms with Gasteiger partial charge in [-0.15, -0.1) is 5.10 Å². The number of para-hydroxylation sites is 1. The van der Waals surface area contributed by atoms with Crippen molar-refractivity contribution in [3.05, 3.63) is 65.5 Å². The van der Waals surface area contributed by atoms with Gasteiger partial charge in [-0.05, 0) is 29.3 Å². The molecule has 1 atom stereocenters. The summed E-state index contributed by atoms with van der Waals surface area (Å²) in [7, 11) is 0. The normalized spacial score (nSPS) is 17.8. The van der Waals surface area contributed by atoms with E-state index < -0.39 is 22.9 Å². The van der Waals surface area contributed by atoms with Crippen LogP contribution in [-0.4, -0.2) is 33.6 Å². The number of halogens is 1. The van der Waals surface area contributed by atoms with Crippen LogP contribution in [-0.2, 0) is 16.2 Å². The minimum absolute atomic E-state index is 0.179. The molecule has 1 aliphatic rings. The zero-order chi connectivity index (χ0) is 19.9. The van der Waals surface area contributed by atoms with Gasteiger partial charge in [0.25, 0.3) is 0 Å². The summed E-state index contributed by atoms with van der Waals surface area (Å²) >= 11 is 1.03. The van der Waals surface area contributed by atoms with Gasteiger partial charge in [0, 0.05) is 0 Å². The van der Waals surface area contributed by atoms with Gasteiger partial charge in [-0.2, -0.15) is 5.10 Å². The van der Waals surface area contributed by atoms with Crippen LogP contribution in [0.15, 0.2) is 58.7 Å². The van der Waals surface area contributed by atoms with Crippen molar-refractivity contribution >= 4 is 35.0 Å². The summed E-state index contributed by atoms with van der Waals surface area (Å²) in [6.45, 7) is 0.194. The number of nitrogens with one attached hydrogen (secondary N) is 1. The summed E-state index contributed by atoms with van der Waals surface area (Å²) in [6, 6.07) is 13.5. The second kappa shape index (κ2) is 9.14. The summed E-state index contributed by atoms with van der Waals surface area (Å²) in [5.74, 6) is -1.69. The molecule has 1 saturated heterocycles. The molecule has 1 fully saturated rings. The van der Waals surface area contributed by atoms with Gasteiger partial charge in [0.2, 0.25) is 5.91 Å². The van der Waals surface area contributed by atoms with Crippen LogP contribution >= 0.6 is 11.8 Å². The summed E-state index contributed by atoms with van der Waals surface area (Å²) in [5, 5.41) is 18.6. The molecule has 1 amide bonds. The quantitative estimate of drug-likeness (QED) is 0.549. The first-order valence-electron chi connectivity index (χ1n) is 8.28. The highest BCUT2D eigenvalue weighted by atomic mass is 32.2. The first-order valence-corrected chi connectivity index (χ1v) is 9.16. The van der Waals surface area contributed by atoms with Crippen LogP contribution in [0.3, 0.4) is 0 Å². The zero-order valence-electron chi connectivity index (χ0n) is 14.5. The third kappa shape index (κ3) is 5.40. The Morgan fingerprint density at radius 2 is 2.11 bits per heavy atom. The van der Waals surface area contributed by atoms with Crippen molar-refractivity contribution < 1.29 is 23.8 Å². The molecule has 28 heavy (non-hydrogen) atoms. The average Bonchev–Trinajstić information content (AvgIpc) is 3.00. The van der Waals surface area contributed by atoms with Crippen LogP contribution in [0, 0.1) is 5.82 Å². The summed E-state index contributed by atoms with van der Waals surface area (Å²) in [5.41, 5.74) is 1.57. The SMILES string of the molecule is O=C(O)CC1SC(=NN=Cc2cccc(COc3ccccc3F)c2)NC1=O. The monoisotopic (exact) mass is 401 g/mol.